The van der Waals surface area contributed by atoms with E-state index in [1.807, 2.05) is 18.3 Å². The summed E-state index contributed by atoms with van der Waals surface area (Å²) in [6, 6.07) is 4.08. The lowest BCUT2D eigenvalue weighted by Crippen LogP contribution is -2.19. The van der Waals surface area contributed by atoms with Crippen LogP contribution in [0.3, 0.4) is 0 Å². The van der Waals surface area contributed by atoms with Gasteiger partial charge in [0.05, 0.1) is 6.42 Å². The van der Waals surface area contributed by atoms with E-state index in [1.165, 1.54) is 16.7 Å². The van der Waals surface area contributed by atoms with Crippen molar-refractivity contribution < 1.29 is 13.2 Å². The second kappa shape index (κ2) is 12.7. The highest BCUT2D eigenvalue weighted by atomic mass is 19.4. The Bertz CT molecular complexity index is 950. The summed E-state index contributed by atoms with van der Waals surface area (Å²) in [5.74, 6) is 0.594. The Morgan fingerprint density at radius 3 is 2.62 bits per heavy atom. The number of hydrogen-bond donors (Lipinski definition) is 1. The molecule has 1 N–H and O–H groups in total. The van der Waals surface area contributed by atoms with Gasteiger partial charge >= 0.3 is 6.18 Å². The molecule has 0 aromatic carbocycles. The SMILES string of the molecule is C=C(N/C(C)=C(/C1C=CC(CCC/N=C\CC(F)(F)F)=C1C)[C@H](C)CC)c1ccc(CC)nc1. The van der Waals surface area contributed by atoms with Gasteiger partial charge in [-0.15, -0.1) is 0 Å². The third kappa shape index (κ3) is 8.00. The molecule has 0 saturated carbocycles. The average Bonchev–Trinajstić information content (AvgIpc) is 3.15. The van der Waals surface area contributed by atoms with Crippen molar-refractivity contribution >= 4 is 11.9 Å². The number of rotatable bonds is 12. The van der Waals surface area contributed by atoms with Gasteiger partial charge in [0.1, 0.15) is 0 Å². The molecule has 6 heteroatoms. The summed E-state index contributed by atoms with van der Waals surface area (Å²) in [5.41, 5.74) is 7.85. The Morgan fingerprint density at radius 1 is 1.29 bits per heavy atom. The van der Waals surface area contributed by atoms with Crippen molar-refractivity contribution in [1.82, 2.24) is 10.3 Å². The molecule has 1 aliphatic carbocycles. The number of nitrogens with one attached hydrogen (secondary N) is 1. The monoisotopic (exact) mass is 473 g/mol. The molecule has 1 aromatic heterocycles. The number of hydrogen-bond acceptors (Lipinski definition) is 3. The summed E-state index contributed by atoms with van der Waals surface area (Å²) < 4.78 is 36.7. The molecular formula is C28H38F3N3. The van der Waals surface area contributed by atoms with Crippen molar-refractivity contribution in [2.24, 2.45) is 16.8 Å². The molecule has 186 valence electrons. The van der Waals surface area contributed by atoms with Crippen LogP contribution in [-0.4, -0.2) is 23.9 Å². The van der Waals surface area contributed by atoms with Gasteiger partial charge in [-0.05, 0) is 68.7 Å². The van der Waals surface area contributed by atoms with Crippen molar-refractivity contribution in [3.05, 3.63) is 70.7 Å². The lowest BCUT2D eigenvalue weighted by atomic mass is 9.82. The van der Waals surface area contributed by atoms with Crippen molar-refractivity contribution in [2.45, 2.75) is 72.9 Å². The Morgan fingerprint density at radius 2 is 2.03 bits per heavy atom. The highest BCUT2D eigenvalue weighted by molar-refractivity contribution is 5.63. The first-order valence-electron chi connectivity index (χ1n) is 12.1. The van der Waals surface area contributed by atoms with Crippen LogP contribution in [0, 0.1) is 11.8 Å². The number of pyridine rings is 1. The molecule has 0 radical (unpaired) electrons. The first-order valence-corrected chi connectivity index (χ1v) is 12.1. The van der Waals surface area contributed by atoms with E-state index in [2.05, 4.69) is 68.6 Å². The molecule has 0 amide bonds. The van der Waals surface area contributed by atoms with E-state index >= 15 is 0 Å². The topological polar surface area (TPSA) is 37.3 Å². The van der Waals surface area contributed by atoms with E-state index in [0.717, 1.165) is 54.5 Å². The van der Waals surface area contributed by atoms with Gasteiger partial charge in [-0.3, -0.25) is 9.98 Å². The van der Waals surface area contributed by atoms with Crippen LogP contribution in [0.25, 0.3) is 5.70 Å². The zero-order valence-corrected chi connectivity index (χ0v) is 21.1. The zero-order valence-electron chi connectivity index (χ0n) is 21.1. The molecule has 0 spiro atoms. The molecule has 0 bridgehead atoms. The van der Waals surface area contributed by atoms with Crippen LogP contribution in [0.15, 0.2) is 64.5 Å². The molecule has 1 aromatic rings. The number of alkyl halides is 3. The third-order valence-corrected chi connectivity index (χ3v) is 6.43. The minimum atomic E-state index is -4.19. The molecule has 0 aliphatic heterocycles. The van der Waals surface area contributed by atoms with Gasteiger partial charge in [0.15, 0.2) is 0 Å². The molecule has 2 rings (SSSR count). The lowest BCUT2D eigenvalue weighted by Gasteiger charge is -2.26. The fourth-order valence-electron chi connectivity index (χ4n) is 4.24. The number of aromatic nitrogens is 1. The maximum atomic E-state index is 12.2. The fourth-order valence-corrected chi connectivity index (χ4v) is 4.24. The predicted molar refractivity (Wildman–Crippen MR) is 137 cm³/mol. The normalized spacial score (nSPS) is 17.9. The molecule has 0 saturated heterocycles. The van der Waals surface area contributed by atoms with Gasteiger partial charge < -0.3 is 5.32 Å². The Hall–Kier alpha value is -2.63. The van der Waals surface area contributed by atoms with E-state index in [4.69, 9.17) is 0 Å². The average molecular weight is 474 g/mol. The van der Waals surface area contributed by atoms with Gasteiger partial charge in [0, 0.05) is 47.5 Å². The fraction of sp³-hybridized carbons (Fsp3) is 0.500. The first-order chi connectivity index (χ1) is 16.1. The van der Waals surface area contributed by atoms with Crippen molar-refractivity contribution in [3.8, 4) is 0 Å². The quantitative estimate of drug-likeness (QED) is 0.248. The van der Waals surface area contributed by atoms with Gasteiger partial charge in [0.25, 0.3) is 0 Å². The highest BCUT2D eigenvalue weighted by Gasteiger charge is 2.26. The molecule has 3 nitrogen and oxygen atoms in total. The molecule has 34 heavy (non-hydrogen) atoms. The van der Waals surface area contributed by atoms with E-state index in [9.17, 15) is 13.2 Å². The lowest BCUT2D eigenvalue weighted by molar-refractivity contribution is -0.120. The van der Waals surface area contributed by atoms with Crippen LogP contribution in [0.1, 0.15) is 71.6 Å². The van der Waals surface area contributed by atoms with Gasteiger partial charge in [-0.25, -0.2) is 0 Å². The highest BCUT2D eigenvalue weighted by Crippen LogP contribution is 2.38. The van der Waals surface area contributed by atoms with Crippen LogP contribution < -0.4 is 5.32 Å². The molecule has 2 atom stereocenters. The van der Waals surface area contributed by atoms with E-state index in [-0.39, 0.29) is 5.92 Å². The summed E-state index contributed by atoms with van der Waals surface area (Å²) in [6.45, 7) is 15.4. The minimum Gasteiger partial charge on any atom is -0.359 e. The van der Waals surface area contributed by atoms with Crippen LogP contribution >= 0.6 is 0 Å². The number of halogens is 3. The third-order valence-electron chi connectivity index (χ3n) is 6.43. The Balaban J connectivity index is 2.11. The summed E-state index contributed by atoms with van der Waals surface area (Å²) in [5, 5.41) is 3.52. The Labute approximate surface area is 202 Å². The van der Waals surface area contributed by atoms with Crippen molar-refractivity contribution in [3.63, 3.8) is 0 Å². The molecule has 0 fully saturated rings. The maximum Gasteiger partial charge on any atom is 0.393 e. The number of aryl methyl sites for hydroxylation is 1. The van der Waals surface area contributed by atoms with Gasteiger partial charge in [0.2, 0.25) is 0 Å². The number of nitrogens with zero attached hydrogens (tertiary/aromatic N) is 2. The second-order valence-corrected chi connectivity index (χ2v) is 8.94. The standard InChI is InChI=1S/C28H38F3N3/c1-7-19(3)27(22(6)34-21(5)24-11-13-25(8-2)33-18-24)26-14-12-23(20(26)4)10-9-16-32-17-15-28(29,30)31/h11-14,17-19,26,34H,5,7-10,15-16H2,1-4,6H3/b27-22+,32-17-/t19-,26?/m1/s1. The number of aliphatic imine (C=N–C) groups is 1. The summed E-state index contributed by atoms with van der Waals surface area (Å²) >= 11 is 0. The van der Waals surface area contributed by atoms with Crippen LogP contribution in [0.2, 0.25) is 0 Å². The van der Waals surface area contributed by atoms with Crippen LogP contribution in [-0.2, 0) is 6.42 Å². The van der Waals surface area contributed by atoms with E-state index < -0.39 is 12.6 Å². The van der Waals surface area contributed by atoms with Crippen molar-refractivity contribution in [1.29, 1.82) is 0 Å². The molecule has 1 unspecified atom stereocenters. The van der Waals surface area contributed by atoms with Crippen molar-refractivity contribution in [2.75, 3.05) is 6.54 Å². The largest absolute Gasteiger partial charge is 0.393 e. The maximum absolute atomic E-state index is 12.2. The summed E-state index contributed by atoms with van der Waals surface area (Å²) in [7, 11) is 0. The molecular weight excluding hydrogens is 435 g/mol. The Kier molecular flexibility index (Phi) is 10.3. The van der Waals surface area contributed by atoms with E-state index in [0.29, 0.717) is 12.5 Å². The second-order valence-electron chi connectivity index (χ2n) is 8.94. The van der Waals surface area contributed by atoms with Crippen LogP contribution in [0.5, 0.6) is 0 Å². The van der Waals surface area contributed by atoms with Crippen LogP contribution in [0.4, 0.5) is 13.2 Å². The molecule has 1 aliphatic rings. The zero-order chi connectivity index (χ0) is 25.3. The minimum absolute atomic E-state index is 0.208. The summed E-state index contributed by atoms with van der Waals surface area (Å²) in [6.07, 6.45) is 5.56. The smallest absolute Gasteiger partial charge is 0.359 e. The summed E-state index contributed by atoms with van der Waals surface area (Å²) in [4.78, 5) is 8.39. The molecule has 1 heterocycles. The van der Waals surface area contributed by atoms with Gasteiger partial charge in [-0.1, -0.05) is 45.1 Å². The predicted octanol–water partition coefficient (Wildman–Crippen LogP) is 7.83. The van der Waals surface area contributed by atoms with Gasteiger partial charge in [-0.2, -0.15) is 13.2 Å². The number of allylic oxidation sites excluding steroid dienone is 6. The van der Waals surface area contributed by atoms with E-state index in [1.54, 1.807) is 0 Å². The first kappa shape index (κ1) is 27.6.